The topological polar surface area (TPSA) is 91.2 Å². The van der Waals surface area contributed by atoms with Gasteiger partial charge in [-0.2, -0.15) is 5.26 Å². The van der Waals surface area contributed by atoms with E-state index in [1.807, 2.05) is 6.07 Å². The molecule has 2 aromatic rings. The van der Waals surface area contributed by atoms with Gasteiger partial charge in [0.25, 0.3) is 5.91 Å². The lowest BCUT2D eigenvalue weighted by atomic mass is 10.2. The van der Waals surface area contributed by atoms with E-state index >= 15 is 0 Å². The Hall–Kier alpha value is -3.33. The van der Waals surface area contributed by atoms with Crippen molar-refractivity contribution in [1.82, 2.24) is 0 Å². The Bertz CT molecular complexity index is 762. The fourth-order valence-electron chi connectivity index (χ4n) is 1.95. The summed E-state index contributed by atoms with van der Waals surface area (Å²) < 4.78 is 5.58. The van der Waals surface area contributed by atoms with Crippen molar-refractivity contribution in [2.24, 2.45) is 0 Å². The van der Waals surface area contributed by atoms with Crippen molar-refractivity contribution in [3.8, 4) is 11.8 Å². The number of ether oxygens (including phenoxy) is 1. The second-order valence-corrected chi connectivity index (χ2v) is 5.14. The number of carbonyl (C=O) groups is 2. The Morgan fingerprint density at radius 2 is 1.54 bits per heavy atom. The molecule has 1 atom stereocenters. The number of carbonyl (C=O) groups excluding carboxylic acids is 2. The van der Waals surface area contributed by atoms with Gasteiger partial charge in [0.2, 0.25) is 5.91 Å². The highest BCUT2D eigenvalue weighted by molar-refractivity contribution is 5.94. The smallest absolute Gasteiger partial charge is 0.265 e. The summed E-state index contributed by atoms with van der Waals surface area (Å²) in [6.07, 6.45) is -0.702. The second kappa shape index (κ2) is 7.79. The third-order valence-electron chi connectivity index (χ3n) is 3.14. The summed E-state index contributed by atoms with van der Waals surface area (Å²) in [6, 6.07) is 15.3. The van der Waals surface area contributed by atoms with Gasteiger partial charge in [-0.25, -0.2) is 0 Å². The Balaban J connectivity index is 1.93. The number of amides is 2. The van der Waals surface area contributed by atoms with Crippen LogP contribution in [0.15, 0.2) is 48.5 Å². The van der Waals surface area contributed by atoms with Crippen molar-refractivity contribution in [3.05, 3.63) is 54.1 Å². The van der Waals surface area contributed by atoms with Gasteiger partial charge in [-0.1, -0.05) is 0 Å². The molecule has 2 aromatic carbocycles. The van der Waals surface area contributed by atoms with Crippen molar-refractivity contribution in [1.29, 1.82) is 5.26 Å². The van der Waals surface area contributed by atoms with E-state index in [9.17, 15) is 9.59 Å². The van der Waals surface area contributed by atoms with Crippen molar-refractivity contribution in [2.45, 2.75) is 20.0 Å². The lowest BCUT2D eigenvalue weighted by molar-refractivity contribution is -0.122. The molecule has 0 aliphatic rings. The van der Waals surface area contributed by atoms with Gasteiger partial charge < -0.3 is 15.4 Å². The molecule has 0 aromatic heterocycles. The largest absolute Gasteiger partial charge is 0.481 e. The predicted molar refractivity (Wildman–Crippen MR) is 90.6 cm³/mol. The van der Waals surface area contributed by atoms with Gasteiger partial charge in [0, 0.05) is 18.3 Å². The molecule has 6 nitrogen and oxygen atoms in total. The van der Waals surface area contributed by atoms with Crippen LogP contribution in [0.1, 0.15) is 19.4 Å². The van der Waals surface area contributed by atoms with Crippen LogP contribution in [0.25, 0.3) is 0 Å². The second-order valence-electron chi connectivity index (χ2n) is 5.14. The number of nitrogens with one attached hydrogen (secondary N) is 2. The number of nitriles is 1. The minimum atomic E-state index is -0.702. The van der Waals surface area contributed by atoms with Crippen LogP contribution in [-0.4, -0.2) is 17.9 Å². The third kappa shape index (κ3) is 4.85. The molecule has 0 heterocycles. The van der Waals surface area contributed by atoms with Crippen LogP contribution < -0.4 is 15.4 Å². The minimum Gasteiger partial charge on any atom is -0.481 e. The molecule has 2 amide bonds. The number of hydrogen-bond donors (Lipinski definition) is 2. The van der Waals surface area contributed by atoms with Gasteiger partial charge in [-0.15, -0.1) is 0 Å². The molecule has 0 bridgehead atoms. The minimum absolute atomic E-state index is 0.154. The molecule has 0 spiro atoms. The summed E-state index contributed by atoms with van der Waals surface area (Å²) in [4.78, 5) is 23.1. The van der Waals surface area contributed by atoms with Crippen LogP contribution in [0.3, 0.4) is 0 Å². The highest BCUT2D eigenvalue weighted by Gasteiger charge is 2.15. The Kier molecular flexibility index (Phi) is 5.53. The summed E-state index contributed by atoms with van der Waals surface area (Å²) in [5, 5.41) is 14.1. The van der Waals surface area contributed by atoms with E-state index in [1.54, 1.807) is 55.5 Å². The molecule has 0 saturated carbocycles. The van der Waals surface area contributed by atoms with Gasteiger partial charge in [0.15, 0.2) is 6.10 Å². The normalized spacial score (nSPS) is 11.0. The highest BCUT2D eigenvalue weighted by atomic mass is 16.5. The zero-order chi connectivity index (χ0) is 17.5. The van der Waals surface area contributed by atoms with Gasteiger partial charge >= 0.3 is 0 Å². The van der Waals surface area contributed by atoms with Crippen LogP contribution >= 0.6 is 0 Å². The Morgan fingerprint density at radius 3 is 2.08 bits per heavy atom. The summed E-state index contributed by atoms with van der Waals surface area (Å²) in [7, 11) is 0. The van der Waals surface area contributed by atoms with E-state index in [-0.39, 0.29) is 11.8 Å². The Labute approximate surface area is 140 Å². The maximum absolute atomic E-state index is 12.1. The molecule has 24 heavy (non-hydrogen) atoms. The molecule has 0 aliphatic carbocycles. The maximum Gasteiger partial charge on any atom is 0.265 e. The number of hydrogen-bond acceptors (Lipinski definition) is 4. The van der Waals surface area contributed by atoms with E-state index in [1.165, 1.54) is 6.92 Å². The average molecular weight is 323 g/mol. The van der Waals surface area contributed by atoms with Gasteiger partial charge in [0.1, 0.15) is 5.75 Å². The molecular formula is C18H17N3O3. The zero-order valence-electron chi connectivity index (χ0n) is 13.4. The summed E-state index contributed by atoms with van der Waals surface area (Å²) in [5.41, 5.74) is 1.77. The number of benzene rings is 2. The van der Waals surface area contributed by atoms with E-state index < -0.39 is 6.10 Å². The quantitative estimate of drug-likeness (QED) is 0.885. The van der Waals surface area contributed by atoms with Crippen molar-refractivity contribution in [2.75, 3.05) is 10.6 Å². The van der Waals surface area contributed by atoms with Gasteiger partial charge in [-0.3, -0.25) is 9.59 Å². The number of nitrogens with zero attached hydrogens (tertiary/aromatic N) is 1. The first-order chi connectivity index (χ1) is 11.5. The molecule has 0 fully saturated rings. The van der Waals surface area contributed by atoms with Crippen LogP contribution in [0.5, 0.6) is 5.75 Å². The molecule has 0 aliphatic heterocycles. The predicted octanol–water partition coefficient (Wildman–Crippen LogP) is 2.92. The highest BCUT2D eigenvalue weighted by Crippen LogP contribution is 2.17. The molecule has 0 radical (unpaired) electrons. The lowest BCUT2D eigenvalue weighted by Gasteiger charge is -2.15. The SMILES string of the molecule is CC(=O)Nc1ccc(OC(C)C(=O)Nc2ccc(C#N)cc2)cc1. The standard InChI is InChI=1S/C18H17N3O3/c1-12(18(23)21-16-5-3-14(11-19)4-6-16)24-17-9-7-15(8-10-17)20-13(2)22/h3-10,12H,1-2H3,(H,20,22)(H,21,23). The van der Waals surface area contributed by atoms with E-state index in [0.29, 0.717) is 22.7 Å². The first-order valence-corrected chi connectivity index (χ1v) is 7.33. The summed E-state index contributed by atoms with van der Waals surface area (Å²) >= 11 is 0. The number of rotatable bonds is 5. The van der Waals surface area contributed by atoms with Crippen molar-refractivity contribution in [3.63, 3.8) is 0 Å². The average Bonchev–Trinajstić information content (AvgIpc) is 2.56. The molecule has 0 saturated heterocycles. The first kappa shape index (κ1) is 17.0. The molecular weight excluding hydrogens is 306 g/mol. The van der Waals surface area contributed by atoms with Crippen LogP contribution in [-0.2, 0) is 9.59 Å². The van der Waals surface area contributed by atoms with E-state index in [4.69, 9.17) is 10.00 Å². The maximum atomic E-state index is 12.1. The lowest BCUT2D eigenvalue weighted by Crippen LogP contribution is -2.30. The molecule has 122 valence electrons. The first-order valence-electron chi connectivity index (χ1n) is 7.33. The van der Waals surface area contributed by atoms with Crippen molar-refractivity contribution < 1.29 is 14.3 Å². The molecule has 1 unspecified atom stereocenters. The Morgan fingerprint density at radius 1 is 1.00 bits per heavy atom. The monoisotopic (exact) mass is 323 g/mol. The van der Waals surface area contributed by atoms with Crippen LogP contribution in [0.4, 0.5) is 11.4 Å². The van der Waals surface area contributed by atoms with E-state index in [0.717, 1.165) is 0 Å². The molecule has 2 rings (SSSR count). The molecule has 6 heteroatoms. The molecule has 2 N–H and O–H groups in total. The van der Waals surface area contributed by atoms with Crippen LogP contribution in [0, 0.1) is 11.3 Å². The fraction of sp³-hybridized carbons (Fsp3) is 0.167. The zero-order valence-corrected chi connectivity index (χ0v) is 13.4. The summed E-state index contributed by atoms with van der Waals surface area (Å²) in [6.45, 7) is 3.07. The van der Waals surface area contributed by atoms with Gasteiger partial charge in [-0.05, 0) is 55.5 Å². The van der Waals surface area contributed by atoms with Crippen molar-refractivity contribution >= 4 is 23.2 Å². The summed E-state index contributed by atoms with van der Waals surface area (Å²) in [5.74, 6) is 0.0658. The van der Waals surface area contributed by atoms with E-state index in [2.05, 4.69) is 10.6 Å². The van der Waals surface area contributed by atoms with Crippen LogP contribution in [0.2, 0.25) is 0 Å². The van der Waals surface area contributed by atoms with Gasteiger partial charge in [0.05, 0.1) is 11.6 Å². The fourth-order valence-corrected chi connectivity index (χ4v) is 1.95. The number of anilines is 2. The third-order valence-corrected chi connectivity index (χ3v) is 3.14.